The largest absolute Gasteiger partial charge is 0.456 e. The number of hydrogen-bond donors (Lipinski definition) is 1. The van der Waals surface area contributed by atoms with Gasteiger partial charge in [0.1, 0.15) is 16.4 Å². The van der Waals surface area contributed by atoms with Crippen LogP contribution >= 0.6 is 22.9 Å². The van der Waals surface area contributed by atoms with Gasteiger partial charge < -0.3 is 9.73 Å². The average Bonchev–Trinajstić information content (AvgIpc) is 3.21. The third-order valence-electron chi connectivity index (χ3n) is 4.88. The van der Waals surface area contributed by atoms with Crippen molar-refractivity contribution in [1.29, 1.82) is 0 Å². The van der Waals surface area contributed by atoms with Crippen LogP contribution in [0, 0.1) is 17.8 Å². The van der Waals surface area contributed by atoms with Gasteiger partial charge in [-0.3, -0.25) is 0 Å². The van der Waals surface area contributed by atoms with Crippen LogP contribution in [0.15, 0.2) is 28.0 Å². The van der Waals surface area contributed by atoms with Crippen LogP contribution in [-0.2, 0) is 6.54 Å². The lowest BCUT2D eigenvalue weighted by molar-refractivity contribution is 0.246. The summed E-state index contributed by atoms with van der Waals surface area (Å²) >= 11 is 8.01. The van der Waals surface area contributed by atoms with Crippen molar-refractivity contribution in [3.8, 4) is 11.8 Å². The smallest absolute Gasteiger partial charge is 0.177 e. The number of rotatable bonds is 4. The normalized spacial score (nSPS) is 19.3. The second-order valence-electron chi connectivity index (χ2n) is 6.48. The van der Waals surface area contributed by atoms with Crippen molar-refractivity contribution in [2.24, 2.45) is 5.92 Å². The Morgan fingerprint density at radius 1 is 1.44 bits per heavy atom. The minimum Gasteiger partial charge on any atom is -0.456 e. The van der Waals surface area contributed by atoms with Gasteiger partial charge in [0.25, 0.3) is 0 Å². The molecule has 1 N–H and O–H groups in total. The third-order valence-corrected chi connectivity index (χ3v) is 5.95. The Bertz CT molecular complexity index is 965. The molecule has 4 rings (SSSR count). The van der Waals surface area contributed by atoms with Crippen LogP contribution in [0.5, 0.6) is 0 Å². The maximum Gasteiger partial charge on any atom is 0.177 e. The van der Waals surface area contributed by atoms with Gasteiger partial charge in [-0.2, -0.15) is 0 Å². The molecule has 2 atom stereocenters. The number of furan rings is 1. The van der Waals surface area contributed by atoms with Crippen LogP contribution in [0.25, 0.3) is 11.1 Å². The zero-order chi connectivity index (χ0) is 17.4. The van der Waals surface area contributed by atoms with E-state index in [1.54, 1.807) is 11.3 Å². The summed E-state index contributed by atoms with van der Waals surface area (Å²) in [6.07, 6.45) is 2.38. The minimum absolute atomic E-state index is 0.425. The Hall–Kier alpha value is -1.96. The van der Waals surface area contributed by atoms with E-state index in [4.69, 9.17) is 16.0 Å². The van der Waals surface area contributed by atoms with Crippen molar-refractivity contribution in [2.45, 2.75) is 39.2 Å². The van der Waals surface area contributed by atoms with Crippen molar-refractivity contribution in [3.05, 3.63) is 44.9 Å². The van der Waals surface area contributed by atoms with E-state index in [1.165, 1.54) is 11.3 Å². The van der Waals surface area contributed by atoms with Crippen LogP contribution < -0.4 is 5.32 Å². The molecule has 0 amide bonds. The lowest BCUT2D eigenvalue weighted by Crippen LogP contribution is -2.20. The number of nitrogens with one attached hydrogen (secondary N) is 1. The van der Waals surface area contributed by atoms with Gasteiger partial charge in [0.15, 0.2) is 5.58 Å². The summed E-state index contributed by atoms with van der Waals surface area (Å²) in [7, 11) is 0. The van der Waals surface area contributed by atoms with E-state index in [-0.39, 0.29) is 0 Å². The van der Waals surface area contributed by atoms with Crippen LogP contribution in [0.1, 0.15) is 48.8 Å². The summed E-state index contributed by atoms with van der Waals surface area (Å²) in [5.41, 5.74) is 3.30. The molecule has 1 fully saturated rings. The van der Waals surface area contributed by atoms with E-state index >= 15 is 0 Å². The van der Waals surface area contributed by atoms with Crippen LogP contribution in [0.2, 0.25) is 5.15 Å². The lowest BCUT2D eigenvalue weighted by atomic mass is 9.73. The molecule has 25 heavy (non-hydrogen) atoms. The summed E-state index contributed by atoms with van der Waals surface area (Å²) in [6.45, 7) is 4.84. The molecule has 1 aliphatic rings. The molecular formula is C20H19ClN2OS. The Morgan fingerprint density at radius 3 is 2.96 bits per heavy atom. The van der Waals surface area contributed by atoms with Gasteiger partial charge in [0.2, 0.25) is 0 Å². The molecule has 3 aromatic rings. The molecule has 3 heterocycles. The van der Waals surface area contributed by atoms with Gasteiger partial charge in [0, 0.05) is 23.4 Å². The van der Waals surface area contributed by atoms with Crippen molar-refractivity contribution in [1.82, 2.24) is 4.98 Å². The van der Waals surface area contributed by atoms with Gasteiger partial charge in [-0.15, -0.1) is 17.3 Å². The standard InChI is InChI=1S/C20H19ClN2OS/c1-3-5-15-18-20(24-19(15)14-8-7-12(14)2)16(10-17(21)23-18)22-11-13-6-4-9-25-13/h4,6,9-10,12,14H,7-8,11H2,1-2H3,(H,22,23)/t12-,14-/m1/s1. The highest BCUT2D eigenvalue weighted by atomic mass is 35.5. The second-order valence-corrected chi connectivity index (χ2v) is 7.90. The molecule has 0 bridgehead atoms. The van der Waals surface area contributed by atoms with E-state index in [0.29, 0.717) is 17.0 Å². The van der Waals surface area contributed by atoms with Gasteiger partial charge >= 0.3 is 0 Å². The van der Waals surface area contributed by atoms with E-state index in [9.17, 15) is 0 Å². The highest BCUT2D eigenvalue weighted by molar-refractivity contribution is 7.09. The first-order chi connectivity index (χ1) is 12.2. The molecule has 0 unspecified atom stereocenters. The zero-order valence-corrected chi connectivity index (χ0v) is 15.8. The Labute approximate surface area is 156 Å². The Kier molecular flexibility index (Phi) is 4.45. The van der Waals surface area contributed by atoms with Crippen molar-refractivity contribution < 1.29 is 4.42 Å². The van der Waals surface area contributed by atoms with Crippen molar-refractivity contribution in [3.63, 3.8) is 0 Å². The van der Waals surface area contributed by atoms with E-state index in [2.05, 4.69) is 46.6 Å². The molecule has 0 radical (unpaired) electrons. The number of aromatic nitrogens is 1. The number of thiophene rings is 1. The first kappa shape index (κ1) is 16.5. The SMILES string of the molecule is CC#Cc1c([C@@H]2CC[C@H]2C)oc2c(NCc3cccs3)cc(Cl)nc12. The fourth-order valence-corrected chi connectivity index (χ4v) is 4.18. The van der Waals surface area contributed by atoms with Gasteiger partial charge in [-0.1, -0.05) is 30.5 Å². The second kappa shape index (κ2) is 6.74. The fourth-order valence-electron chi connectivity index (χ4n) is 3.34. The van der Waals surface area contributed by atoms with Gasteiger partial charge in [-0.25, -0.2) is 4.98 Å². The van der Waals surface area contributed by atoms with Crippen LogP contribution in [0.3, 0.4) is 0 Å². The van der Waals surface area contributed by atoms with Crippen molar-refractivity contribution >= 4 is 39.7 Å². The number of halogens is 1. The van der Waals surface area contributed by atoms with Crippen LogP contribution in [0.4, 0.5) is 5.69 Å². The number of fused-ring (bicyclic) bond motifs is 1. The molecule has 1 aliphatic carbocycles. The van der Waals surface area contributed by atoms with Gasteiger partial charge in [-0.05, 0) is 37.1 Å². The molecule has 128 valence electrons. The summed E-state index contributed by atoms with van der Waals surface area (Å²) < 4.78 is 6.30. The number of hydrogen-bond acceptors (Lipinski definition) is 4. The highest BCUT2D eigenvalue weighted by Crippen LogP contribution is 2.46. The fraction of sp³-hybridized carbons (Fsp3) is 0.350. The predicted octanol–water partition coefficient (Wildman–Crippen LogP) is 6.04. The Morgan fingerprint density at radius 2 is 2.32 bits per heavy atom. The topological polar surface area (TPSA) is 38.1 Å². The summed E-state index contributed by atoms with van der Waals surface area (Å²) in [5.74, 6) is 8.22. The van der Waals surface area contributed by atoms with E-state index in [0.717, 1.165) is 41.1 Å². The average molecular weight is 371 g/mol. The molecule has 0 spiro atoms. The van der Waals surface area contributed by atoms with E-state index < -0.39 is 0 Å². The quantitative estimate of drug-likeness (QED) is 0.449. The molecule has 1 saturated carbocycles. The predicted molar refractivity (Wildman–Crippen MR) is 104 cm³/mol. The van der Waals surface area contributed by atoms with Crippen LogP contribution in [-0.4, -0.2) is 4.98 Å². The minimum atomic E-state index is 0.425. The maximum atomic E-state index is 6.30. The molecule has 3 aromatic heterocycles. The molecule has 5 heteroatoms. The molecule has 0 saturated heterocycles. The number of pyridine rings is 1. The van der Waals surface area contributed by atoms with Gasteiger partial charge in [0.05, 0.1) is 11.3 Å². The first-order valence-corrected chi connectivity index (χ1v) is 9.75. The lowest BCUT2D eigenvalue weighted by Gasteiger charge is -2.32. The summed E-state index contributed by atoms with van der Waals surface area (Å²) in [4.78, 5) is 5.78. The molecule has 0 aromatic carbocycles. The first-order valence-electron chi connectivity index (χ1n) is 8.49. The Balaban J connectivity index is 1.80. The summed E-state index contributed by atoms with van der Waals surface area (Å²) in [5, 5.41) is 5.97. The zero-order valence-electron chi connectivity index (χ0n) is 14.2. The third kappa shape index (κ3) is 3.03. The highest BCUT2D eigenvalue weighted by Gasteiger charge is 2.34. The monoisotopic (exact) mass is 370 g/mol. The number of nitrogens with zero attached hydrogens (tertiary/aromatic N) is 1. The van der Waals surface area contributed by atoms with Crippen molar-refractivity contribution in [2.75, 3.05) is 5.32 Å². The molecular weight excluding hydrogens is 352 g/mol. The molecule has 3 nitrogen and oxygen atoms in total. The van der Waals surface area contributed by atoms with E-state index in [1.807, 2.05) is 13.0 Å². The summed E-state index contributed by atoms with van der Waals surface area (Å²) in [6, 6.07) is 5.99. The molecule has 0 aliphatic heterocycles. The number of anilines is 1. The maximum absolute atomic E-state index is 6.30.